The van der Waals surface area contributed by atoms with Crippen LogP contribution in [-0.4, -0.2) is 5.11 Å². The summed E-state index contributed by atoms with van der Waals surface area (Å²) in [5.41, 5.74) is 0. The average Bonchev–Trinajstić information content (AvgIpc) is 2.60. The van der Waals surface area contributed by atoms with Crippen molar-refractivity contribution in [3.63, 3.8) is 0 Å². The van der Waals surface area contributed by atoms with Crippen LogP contribution in [0.2, 0.25) is 0 Å². The van der Waals surface area contributed by atoms with Gasteiger partial charge in [0.05, 0.1) is 6.10 Å². The van der Waals surface area contributed by atoms with E-state index in [1.165, 1.54) is 23.5 Å². The second kappa shape index (κ2) is 4.13. The molecule has 1 aromatic heterocycles. The van der Waals surface area contributed by atoms with Gasteiger partial charge in [-0.3, -0.25) is 0 Å². The molecule has 0 fully saturated rings. The number of rotatable bonds is 3. The molecule has 15 heavy (non-hydrogen) atoms. The summed E-state index contributed by atoms with van der Waals surface area (Å²) >= 11 is 1.49. The Labute approximate surface area is 91.5 Å². The van der Waals surface area contributed by atoms with E-state index in [0.29, 0.717) is 6.42 Å². The predicted octanol–water partition coefficient (Wildman–Crippen LogP) is 3.65. The highest BCUT2D eigenvalue weighted by Crippen LogP contribution is 2.31. The molecule has 0 saturated heterocycles. The standard InChI is InChI=1S/C12H11FOS/c1-2-3-10(14)12-7-8-6-9(13)4-5-11(8)15-12/h2,4-7,10,14H,1,3H2. The minimum atomic E-state index is -0.525. The van der Waals surface area contributed by atoms with Gasteiger partial charge in [0, 0.05) is 9.58 Å². The van der Waals surface area contributed by atoms with Gasteiger partial charge in [0.1, 0.15) is 5.82 Å². The molecule has 0 aliphatic carbocycles. The number of halogens is 1. The fourth-order valence-corrected chi connectivity index (χ4v) is 2.52. The van der Waals surface area contributed by atoms with Crippen LogP contribution in [0.5, 0.6) is 0 Å². The Kier molecular flexibility index (Phi) is 2.84. The number of hydrogen-bond donors (Lipinski definition) is 1. The zero-order valence-corrected chi connectivity index (χ0v) is 8.93. The lowest BCUT2D eigenvalue weighted by atomic mass is 10.2. The molecule has 1 atom stereocenters. The van der Waals surface area contributed by atoms with Crippen molar-refractivity contribution in [3.05, 3.63) is 47.6 Å². The first-order valence-corrected chi connectivity index (χ1v) is 5.50. The molecule has 3 heteroatoms. The van der Waals surface area contributed by atoms with Crippen molar-refractivity contribution in [1.29, 1.82) is 0 Å². The molecule has 1 unspecified atom stereocenters. The number of thiophene rings is 1. The monoisotopic (exact) mass is 222 g/mol. The van der Waals surface area contributed by atoms with E-state index in [1.54, 1.807) is 12.1 Å². The maximum Gasteiger partial charge on any atom is 0.123 e. The normalized spacial score (nSPS) is 12.9. The summed E-state index contributed by atoms with van der Waals surface area (Å²) in [4.78, 5) is 0.857. The van der Waals surface area contributed by atoms with E-state index >= 15 is 0 Å². The quantitative estimate of drug-likeness (QED) is 0.786. The smallest absolute Gasteiger partial charge is 0.123 e. The van der Waals surface area contributed by atoms with Gasteiger partial charge in [-0.1, -0.05) is 6.08 Å². The minimum absolute atomic E-state index is 0.245. The van der Waals surface area contributed by atoms with Crippen molar-refractivity contribution in [2.45, 2.75) is 12.5 Å². The first-order chi connectivity index (χ1) is 7.20. The third kappa shape index (κ3) is 2.08. The number of benzene rings is 1. The van der Waals surface area contributed by atoms with Crippen molar-refractivity contribution in [3.8, 4) is 0 Å². The summed E-state index contributed by atoms with van der Waals surface area (Å²) in [5, 5.41) is 10.6. The molecule has 1 heterocycles. The minimum Gasteiger partial charge on any atom is -0.387 e. The third-order valence-electron chi connectivity index (χ3n) is 2.22. The third-order valence-corrected chi connectivity index (χ3v) is 3.43. The number of fused-ring (bicyclic) bond motifs is 1. The second-order valence-electron chi connectivity index (χ2n) is 3.37. The Morgan fingerprint density at radius 1 is 1.47 bits per heavy atom. The Morgan fingerprint density at radius 3 is 3.00 bits per heavy atom. The van der Waals surface area contributed by atoms with Gasteiger partial charge in [-0.05, 0) is 36.1 Å². The van der Waals surface area contributed by atoms with Crippen LogP contribution in [0, 0.1) is 5.82 Å². The number of aliphatic hydroxyl groups is 1. The van der Waals surface area contributed by atoms with Gasteiger partial charge in [-0.2, -0.15) is 0 Å². The van der Waals surface area contributed by atoms with E-state index in [0.717, 1.165) is 15.0 Å². The van der Waals surface area contributed by atoms with Gasteiger partial charge < -0.3 is 5.11 Å². The lowest BCUT2D eigenvalue weighted by Crippen LogP contribution is -1.90. The fraction of sp³-hybridized carbons (Fsp3) is 0.167. The molecule has 0 saturated carbocycles. The summed E-state index contributed by atoms with van der Waals surface area (Å²) in [5.74, 6) is -0.245. The van der Waals surface area contributed by atoms with Crippen LogP contribution in [0.15, 0.2) is 36.9 Å². The Morgan fingerprint density at radius 2 is 2.27 bits per heavy atom. The number of hydrogen-bond acceptors (Lipinski definition) is 2. The molecule has 0 aliphatic rings. The highest BCUT2D eigenvalue weighted by molar-refractivity contribution is 7.19. The predicted molar refractivity (Wildman–Crippen MR) is 61.6 cm³/mol. The molecule has 0 spiro atoms. The highest BCUT2D eigenvalue weighted by Gasteiger charge is 2.09. The van der Waals surface area contributed by atoms with Crippen LogP contribution in [0.1, 0.15) is 17.4 Å². The topological polar surface area (TPSA) is 20.2 Å². The molecule has 1 nitrogen and oxygen atoms in total. The summed E-state index contributed by atoms with van der Waals surface area (Å²) in [6.07, 6.45) is 1.67. The molecule has 78 valence electrons. The van der Waals surface area contributed by atoms with E-state index in [1.807, 2.05) is 6.07 Å². The first-order valence-electron chi connectivity index (χ1n) is 4.68. The molecular formula is C12H11FOS. The van der Waals surface area contributed by atoms with Gasteiger partial charge in [0.25, 0.3) is 0 Å². The highest BCUT2D eigenvalue weighted by atomic mass is 32.1. The van der Waals surface area contributed by atoms with Crippen LogP contribution in [0.4, 0.5) is 4.39 Å². The first kappa shape index (κ1) is 10.3. The zero-order chi connectivity index (χ0) is 10.8. The molecule has 1 N–H and O–H groups in total. The van der Waals surface area contributed by atoms with E-state index in [4.69, 9.17) is 0 Å². The molecule has 0 bridgehead atoms. The molecule has 0 amide bonds. The van der Waals surface area contributed by atoms with Crippen LogP contribution in [0.25, 0.3) is 10.1 Å². The Balaban J connectivity index is 2.42. The molecule has 1 aromatic carbocycles. The van der Waals surface area contributed by atoms with Crippen molar-refractivity contribution < 1.29 is 9.50 Å². The van der Waals surface area contributed by atoms with Crippen molar-refractivity contribution in [1.82, 2.24) is 0 Å². The lowest BCUT2D eigenvalue weighted by Gasteiger charge is -2.02. The van der Waals surface area contributed by atoms with Gasteiger partial charge in [-0.25, -0.2) is 4.39 Å². The molecule has 0 radical (unpaired) electrons. The average molecular weight is 222 g/mol. The maximum atomic E-state index is 12.9. The summed E-state index contributed by atoms with van der Waals surface area (Å²) in [6, 6.07) is 6.48. The van der Waals surface area contributed by atoms with Gasteiger partial charge in [-0.15, -0.1) is 17.9 Å². The van der Waals surface area contributed by atoms with Gasteiger partial charge in [0.2, 0.25) is 0 Å². The summed E-state index contributed by atoms with van der Waals surface area (Å²) < 4.78 is 13.9. The van der Waals surface area contributed by atoms with Crippen molar-refractivity contribution in [2.24, 2.45) is 0 Å². The Hall–Kier alpha value is -1.19. The van der Waals surface area contributed by atoms with E-state index < -0.39 is 6.10 Å². The lowest BCUT2D eigenvalue weighted by molar-refractivity contribution is 0.185. The molecule has 2 rings (SSSR count). The summed E-state index contributed by atoms with van der Waals surface area (Å²) in [6.45, 7) is 3.58. The molecule has 2 aromatic rings. The largest absolute Gasteiger partial charge is 0.387 e. The number of aliphatic hydroxyl groups excluding tert-OH is 1. The fourth-order valence-electron chi connectivity index (χ4n) is 1.47. The van der Waals surface area contributed by atoms with Crippen LogP contribution in [-0.2, 0) is 0 Å². The van der Waals surface area contributed by atoms with Crippen molar-refractivity contribution in [2.75, 3.05) is 0 Å². The zero-order valence-electron chi connectivity index (χ0n) is 8.11. The van der Waals surface area contributed by atoms with Crippen LogP contribution >= 0.6 is 11.3 Å². The van der Waals surface area contributed by atoms with Crippen LogP contribution in [0.3, 0.4) is 0 Å². The van der Waals surface area contributed by atoms with E-state index in [2.05, 4.69) is 6.58 Å². The van der Waals surface area contributed by atoms with Crippen LogP contribution < -0.4 is 0 Å². The van der Waals surface area contributed by atoms with Gasteiger partial charge >= 0.3 is 0 Å². The molecular weight excluding hydrogens is 211 g/mol. The maximum absolute atomic E-state index is 12.9. The summed E-state index contributed by atoms with van der Waals surface area (Å²) in [7, 11) is 0. The second-order valence-corrected chi connectivity index (χ2v) is 4.49. The molecule has 0 aliphatic heterocycles. The van der Waals surface area contributed by atoms with E-state index in [-0.39, 0.29) is 5.82 Å². The van der Waals surface area contributed by atoms with E-state index in [9.17, 15) is 9.50 Å². The van der Waals surface area contributed by atoms with Crippen molar-refractivity contribution >= 4 is 21.4 Å². The SMILES string of the molecule is C=CCC(O)c1cc2cc(F)ccc2s1. The van der Waals surface area contributed by atoms with Gasteiger partial charge in [0.15, 0.2) is 0 Å². The Bertz CT molecular complexity index is 489.